The van der Waals surface area contributed by atoms with Crippen molar-refractivity contribution in [3.8, 4) is 0 Å². The van der Waals surface area contributed by atoms with E-state index in [2.05, 4.69) is 70.1 Å². The normalized spacial score (nSPS) is 32.7. The van der Waals surface area contributed by atoms with Crippen LogP contribution in [0.2, 0.25) is 0 Å². The number of Topliss-reactive ketones (excluding diaryl/α,β-unsaturated/α-hetero) is 5. The second-order valence-corrected chi connectivity index (χ2v) is 38.3. The first-order valence-corrected chi connectivity index (χ1v) is 43.7. The lowest BCUT2D eigenvalue weighted by Crippen LogP contribution is -2.64. The number of nitrogens with one attached hydrogen (secondary N) is 7. The van der Waals surface area contributed by atoms with Crippen LogP contribution in [-0.2, 0) is 81.2 Å². The highest BCUT2D eigenvalue weighted by molar-refractivity contribution is 7.93. The summed E-state index contributed by atoms with van der Waals surface area (Å²) >= 11 is 0.250. The molecule has 27 heteroatoms. The van der Waals surface area contributed by atoms with E-state index < -0.39 is 22.4 Å². The number of rotatable bonds is 15. The van der Waals surface area contributed by atoms with Crippen molar-refractivity contribution in [1.29, 1.82) is 0 Å². The van der Waals surface area contributed by atoms with Crippen LogP contribution in [0.1, 0.15) is 238 Å². The molecule has 0 aromatic carbocycles. The average Bonchev–Trinajstić information content (AvgIpc) is 1.53. The van der Waals surface area contributed by atoms with Gasteiger partial charge in [-0.05, 0) is 224 Å². The summed E-state index contributed by atoms with van der Waals surface area (Å²) in [6.07, 6.45) is 26.9. The van der Waals surface area contributed by atoms with Crippen LogP contribution < -0.4 is 37.2 Å². The molecule has 0 aromatic heterocycles. The van der Waals surface area contributed by atoms with E-state index in [1.54, 1.807) is 12.2 Å². The molecule has 4 saturated heterocycles. The number of aliphatic hydroxyl groups is 1. The van der Waals surface area contributed by atoms with Crippen LogP contribution in [0.15, 0.2) is 63.3 Å². The molecule has 10 saturated carbocycles. The quantitative estimate of drug-likeness (QED) is 0.0706. The molecule has 3 spiro atoms. The fraction of sp³-hybridized carbons (Fsp3) is 0.767. The molecule has 14 fully saturated rings. The zero-order valence-electron chi connectivity index (χ0n) is 73.1. The van der Waals surface area contributed by atoms with Crippen LogP contribution in [-0.4, -0.2) is 186 Å². The predicted octanol–water partition coefficient (Wildman–Crippen LogP) is 11.5. The highest BCUT2D eigenvalue weighted by atomic mass is 32.2. The van der Waals surface area contributed by atoms with E-state index in [9.17, 15) is 56.6 Å². The van der Waals surface area contributed by atoms with Gasteiger partial charge in [-0.25, -0.2) is 0 Å². The Morgan fingerprint density at radius 3 is 1.00 bits per heavy atom. The number of ether oxygens (including phenoxy) is 6. The van der Waals surface area contributed by atoms with Crippen LogP contribution in [0.25, 0.3) is 0 Å². The number of hydrogen-bond donors (Lipinski definition) is 8. The maximum absolute atomic E-state index is 13.3. The van der Waals surface area contributed by atoms with Gasteiger partial charge in [0, 0.05) is 145 Å². The Kier molecular flexibility index (Phi) is 37.1. The van der Waals surface area contributed by atoms with Crippen molar-refractivity contribution < 1.29 is 90.2 Å². The molecule has 117 heavy (non-hydrogen) atoms. The van der Waals surface area contributed by atoms with Gasteiger partial charge in [0.15, 0.2) is 17.4 Å². The van der Waals surface area contributed by atoms with Crippen LogP contribution in [0, 0.1) is 82.9 Å². The largest absolute Gasteiger partial charge is 0.392 e. The van der Waals surface area contributed by atoms with Gasteiger partial charge in [-0.3, -0.25) is 47.9 Å². The summed E-state index contributed by atoms with van der Waals surface area (Å²) in [5.41, 5.74) is -3.91. The summed E-state index contributed by atoms with van der Waals surface area (Å²) in [4.78, 5) is 131. The summed E-state index contributed by atoms with van der Waals surface area (Å²) in [6.45, 7) is 50.1. The van der Waals surface area contributed by atoms with Crippen molar-refractivity contribution >= 4 is 76.5 Å². The molecule has 17 atom stereocenters. The number of carbonyl (C=O) groups is 11. The first-order chi connectivity index (χ1) is 54.9. The summed E-state index contributed by atoms with van der Waals surface area (Å²) in [5.74, 6) is 2.70. The van der Waals surface area contributed by atoms with E-state index in [0.717, 1.165) is 77.4 Å². The molecule has 25 nitrogen and oxygen atoms in total. The minimum Gasteiger partial charge on any atom is -0.392 e. The van der Waals surface area contributed by atoms with Gasteiger partial charge in [-0.2, -0.15) is 3.89 Å². The fourth-order valence-corrected chi connectivity index (χ4v) is 21.5. The Balaban J connectivity index is 0.000000219. The number of amides is 6. The Labute approximate surface area is 700 Å². The minimum atomic E-state index is -0.941. The van der Waals surface area contributed by atoms with E-state index in [1.807, 2.05) is 74.5 Å². The van der Waals surface area contributed by atoms with Gasteiger partial charge >= 0.3 is 0 Å². The van der Waals surface area contributed by atoms with Crippen molar-refractivity contribution in [2.75, 3.05) is 65.6 Å². The number of allylic oxidation sites excluding steroid dienone is 4. The monoisotopic (exact) mass is 1660 g/mol. The Bertz CT molecular complexity index is 3350. The molecule has 14 aliphatic rings. The van der Waals surface area contributed by atoms with Crippen LogP contribution in [0.4, 0.5) is 3.89 Å². The Hall–Kier alpha value is -6.17. The van der Waals surface area contributed by atoms with E-state index in [4.69, 9.17) is 33.5 Å². The number of halogens is 1. The molecule has 660 valence electrons. The molecule has 6 amide bonds. The number of hydrogen-bond acceptors (Lipinski definition) is 20. The number of ketones is 5. The van der Waals surface area contributed by atoms with E-state index >= 15 is 0 Å². The van der Waals surface area contributed by atoms with E-state index in [0.29, 0.717) is 126 Å². The maximum atomic E-state index is 13.3. The SMILES string of the molecule is C1CCNC1.C=CCO.C=CC[C@@H]1C(=O)C[C@H]2CC3(C[C@H]21)OCCO3.C=CC[C@H]1[C@@H]2CC(=O)C[C@@H]2CC1(NC(C)=O)C(=O)NC(C)(C)C.C=CC[C@H]1[C@@H]2CC(=O)C[C@@H]2C[C@@]1(NC(C)=O)C(=O)NC(C)(C)C.C=CC[C@H]1[C@@H]2CC3(C[C@@H]2CC1(NC(C)=O)C(=O)NC(C)(C)C)OCCO3.CC(C)=O.CSF.O=C1C[C@@H]2CC3(C[C@@H]2C1)OCCO3. The van der Waals surface area contributed by atoms with E-state index in [-0.39, 0.29) is 159 Å². The second kappa shape index (κ2) is 43.5. The lowest BCUT2D eigenvalue weighted by Gasteiger charge is -2.39. The van der Waals surface area contributed by atoms with Crippen LogP contribution >= 0.6 is 12.1 Å². The molecule has 4 aliphatic heterocycles. The second-order valence-electron chi connectivity index (χ2n) is 38.0. The molecule has 0 bridgehead atoms. The minimum absolute atomic E-state index is 0.0107. The van der Waals surface area contributed by atoms with Gasteiger partial charge in [-0.1, -0.05) is 30.4 Å². The Morgan fingerprint density at radius 2 is 0.701 bits per heavy atom. The molecule has 8 N–H and O–H groups in total. The predicted molar refractivity (Wildman–Crippen MR) is 450 cm³/mol. The zero-order chi connectivity index (χ0) is 87.3. The summed E-state index contributed by atoms with van der Waals surface area (Å²) in [5, 5.41) is 29.1. The third-order valence-corrected chi connectivity index (χ3v) is 25.0. The molecule has 0 aromatic rings. The standard InChI is InChI=1S/C20H32N2O4.2C18H28N2O3.C13H18O3.C10H14O3.C4H9N.2C3H6O.CH3FS/c1-6-7-16-15-12-19(25-8-9-26-19)10-14(15)11-20(16,21-13(2)23)17(24)22-18(3,4)5;2*1-6-7-15-14-9-13(22)8-12(14)10-18(15,19-11(2)21)16(23)20-17(3,4)5;1-2-3-10-11-8-13(15-4-5-16-13)7-9(11)6-12(10)14;11-9-3-7-5-10(6-8(7)4-9)12-1-2-13-10;1-2-4-5-3-1;1-3(2)4;1-2-3-4;1-3-2/h6,14-16H,1,7-12H2,2-5H3,(H,21,23)(H,22,24);2*6,12,14-15H,1,7-10H2,2-5H3,(H,19,21)(H,20,23);2,9-11H,1,3-8H2;7-8H,1-6H2;5H,1-4H2;1-2H3;2,4H,1,3H2;1H3/t14-,15-,16+,20?;12-,14-,15+,18?;12-,14-,15+,18+;9-,10-,11+;7-,8+;;;;/m1110...../s1. The van der Waals surface area contributed by atoms with Gasteiger partial charge in [-0.15, -0.1) is 32.9 Å². The van der Waals surface area contributed by atoms with Gasteiger partial charge in [0.05, 0.1) is 46.2 Å². The van der Waals surface area contributed by atoms with Crippen molar-refractivity contribution in [2.45, 2.75) is 289 Å². The molecule has 14 rings (SSSR count). The highest BCUT2D eigenvalue weighted by Crippen LogP contribution is 2.60. The Morgan fingerprint density at radius 1 is 0.427 bits per heavy atom. The summed E-state index contributed by atoms with van der Waals surface area (Å²) in [6, 6.07) is 0. The number of aliphatic hydroxyl groups excluding tert-OH is 1. The first kappa shape index (κ1) is 99.6. The number of fused-ring (bicyclic) bond motifs is 5. The van der Waals surface area contributed by atoms with Gasteiger partial charge in [0.1, 0.15) is 45.5 Å². The van der Waals surface area contributed by atoms with Gasteiger partial charge < -0.3 is 75.5 Å². The van der Waals surface area contributed by atoms with Crippen molar-refractivity contribution in [1.82, 2.24) is 37.2 Å². The van der Waals surface area contributed by atoms with Crippen molar-refractivity contribution in [3.05, 3.63) is 63.3 Å². The smallest absolute Gasteiger partial charge is 0.246 e. The third kappa shape index (κ3) is 26.9. The van der Waals surface area contributed by atoms with Gasteiger partial charge in [0.25, 0.3) is 0 Å². The lowest BCUT2D eigenvalue weighted by atomic mass is 9.78. The van der Waals surface area contributed by atoms with Crippen LogP contribution in [0.3, 0.4) is 0 Å². The topological polar surface area (TPSA) is 348 Å². The maximum Gasteiger partial charge on any atom is 0.246 e. The third-order valence-electron chi connectivity index (χ3n) is 25.0. The summed E-state index contributed by atoms with van der Waals surface area (Å²) in [7, 11) is 0. The average molecular weight is 1660 g/mol. The number of carbonyl (C=O) groups excluding carboxylic acids is 11. The van der Waals surface area contributed by atoms with Gasteiger partial charge in [0.2, 0.25) is 35.4 Å². The molecule has 10 aliphatic carbocycles. The van der Waals surface area contributed by atoms with Crippen molar-refractivity contribution in [3.63, 3.8) is 0 Å². The first-order valence-electron chi connectivity index (χ1n) is 42.6. The zero-order valence-corrected chi connectivity index (χ0v) is 73.9. The van der Waals surface area contributed by atoms with Crippen LogP contribution in [0.5, 0.6) is 0 Å². The molecular formula is C90H144FN7O18S. The molecule has 2 unspecified atom stereocenters. The van der Waals surface area contributed by atoms with E-state index in [1.165, 1.54) is 72.9 Å². The summed E-state index contributed by atoms with van der Waals surface area (Å²) < 4.78 is 44.8. The fourth-order valence-electron chi connectivity index (χ4n) is 21.5. The lowest BCUT2D eigenvalue weighted by molar-refractivity contribution is -0.159. The van der Waals surface area contributed by atoms with Crippen molar-refractivity contribution in [2.24, 2.45) is 82.9 Å². The molecule has 0 radical (unpaired) electrons. The molecular weight excluding hydrogens is 1520 g/mol. The molecule has 4 heterocycles. The highest BCUT2D eigenvalue weighted by Gasteiger charge is 2.66.